The molecule has 5 nitrogen and oxygen atoms in total. The minimum atomic E-state index is -0.715. The third kappa shape index (κ3) is 7.30. The quantitative estimate of drug-likeness (QED) is 0.342. The Morgan fingerprint density at radius 3 is 2.42 bits per heavy atom. The monoisotopic (exact) mass is 178 g/mol. The van der Waals surface area contributed by atoms with Gasteiger partial charge in [-0.2, -0.15) is 0 Å². The topological polar surface area (TPSA) is 54.0 Å². The molecule has 0 aromatic rings. The molecule has 0 rings (SSSR count). The van der Waals surface area contributed by atoms with E-state index < -0.39 is 6.16 Å². The molecule has 0 saturated carbocycles. The van der Waals surface area contributed by atoms with E-state index in [1.807, 2.05) is 0 Å². The zero-order valence-corrected chi connectivity index (χ0v) is 7.37. The molecular weight excluding hydrogens is 164 g/mol. The molecule has 0 aliphatic heterocycles. The first-order valence-electron chi connectivity index (χ1n) is 3.58. The van der Waals surface area contributed by atoms with E-state index in [-0.39, 0.29) is 6.79 Å². The van der Waals surface area contributed by atoms with Gasteiger partial charge in [0.05, 0.1) is 6.61 Å². The lowest BCUT2D eigenvalue weighted by Crippen LogP contribution is -2.11. The van der Waals surface area contributed by atoms with Gasteiger partial charge < -0.3 is 18.9 Å². The second-order valence-corrected chi connectivity index (χ2v) is 2.00. The molecule has 12 heavy (non-hydrogen) atoms. The lowest BCUT2D eigenvalue weighted by molar-refractivity contribution is -0.0275. The Morgan fingerprint density at radius 1 is 1.08 bits per heavy atom. The zero-order chi connectivity index (χ0) is 9.23. The Balaban J connectivity index is 3.08. The number of rotatable bonds is 6. The maximum absolute atomic E-state index is 10.6. The molecule has 72 valence electrons. The Bertz CT molecular complexity index is 114. The summed E-state index contributed by atoms with van der Waals surface area (Å²) in [6, 6.07) is 0. The van der Waals surface area contributed by atoms with E-state index in [1.165, 1.54) is 7.11 Å². The zero-order valence-electron chi connectivity index (χ0n) is 7.37. The van der Waals surface area contributed by atoms with Crippen molar-refractivity contribution in [2.75, 3.05) is 34.2 Å². The van der Waals surface area contributed by atoms with Crippen molar-refractivity contribution in [2.45, 2.75) is 6.42 Å². The lowest BCUT2D eigenvalue weighted by Gasteiger charge is -2.04. The van der Waals surface area contributed by atoms with Crippen LogP contribution in [0.2, 0.25) is 0 Å². The van der Waals surface area contributed by atoms with Gasteiger partial charge in [-0.05, 0) is 0 Å². The third-order valence-electron chi connectivity index (χ3n) is 1.01. The first-order chi connectivity index (χ1) is 5.81. The summed E-state index contributed by atoms with van der Waals surface area (Å²) in [5.41, 5.74) is 0. The van der Waals surface area contributed by atoms with Crippen molar-refractivity contribution in [1.82, 2.24) is 0 Å². The highest BCUT2D eigenvalue weighted by Crippen LogP contribution is 1.88. The largest absolute Gasteiger partial charge is 0.510 e. The molecule has 0 spiro atoms. The molecule has 0 N–H and O–H groups in total. The molecule has 0 aliphatic rings. The first-order valence-corrected chi connectivity index (χ1v) is 3.58. The Labute approximate surface area is 71.5 Å². The van der Waals surface area contributed by atoms with Crippen LogP contribution in [0.5, 0.6) is 0 Å². The van der Waals surface area contributed by atoms with Crippen LogP contribution in [0, 0.1) is 0 Å². The number of hydrogen-bond donors (Lipinski definition) is 0. The number of hydrogen-bond acceptors (Lipinski definition) is 5. The number of carbonyl (C=O) groups excluding carboxylic acids is 1. The van der Waals surface area contributed by atoms with Crippen molar-refractivity contribution in [3.05, 3.63) is 0 Å². The summed E-state index contributed by atoms with van der Waals surface area (Å²) in [4.78, 5) is 10.6. The molecule has 0 aliphatic carbocycles. The van der Waals surface area contributed by atoms with Crippen LogP contribution in [0.4, 0.5) is 4.79 Å². The van der Waals surface area contributed by atoms with Crippen molar-refractivity contribution in [1.29, 1.82) is 0 Å². The van der Waals surface area contributed by atoms with Gasteiger partial charge in [-0.25, -0.2) is 4.79 Å². The molecule has 0 unspecified atom stereocenters. The second kappa shape index (κ2) is 8.29. The van der Waals surface area contributed by atoms with Crippen LogP contribution in [0.25, 0.3) is 0 Å². The van der Waals surface area contributed by atoms with E-state index in [4.69, 9.17) is 4.74 Å². The standard InChI is InChI=1S/C7H14O5/c1-9-4-3-5-11-7(8)12-6-10-2/h3-6H2,1-2H3. The van der Waals surface area contributed by atoms with E-state index in [0.29, 0.717) is 19.6 Å². The fourth-order valence-electron chi connectivity index (χ4n) is 0.507. The molecule has 0 radical (unpaired) electrons. The predicted octanol–water partition coefficient (Wildman–Crippen LogP) is 0.780. The van der Waals surface area contributed by atoms with Crippen LogP contribution >= 0.6 is 0 Å². The van der Waals surface area contributed by atoms with Crippen molar-refractivity contribution in [2.24, 2.45) is 0 Å². The molecule has 0 aromatic carbocycles. The molecular formula is C7H14O5. The fourth-order valence-corrected chi connectivity index (χ4v) is 0.507. The van der Waals surface area contributed by atoms with Crippen LogP contribution in [0.1, 0.15) is 6.42 Å². The molecule has 0 amide bonds. The highest BCUT2D eigenvalue weighted by atomic mass is 16.8. The summed E-state index contributed by atoms with van der Waals surface area (Å²) in [5.74, 6) is 0. The number of carbonyl (C=O) groups is 1. The van der Waals surface area contributed by atoms with Gasteiger partial charge in [-0.15, -0.1) is 0 Å². The average Bonchev–Trinajstić information content (AvgIpc) is 2.09. The molecule has 0 bridgehead atoms. The predicted molar refractivity (Wildman–Crippen MR) is 40.8 cm³/mol. The molecule has 5 heteroatoms. The second-order valence-electron chi connectivity index (χ2n) is 2.00. The van der Waals surface area contributed by atoms with Crippen LogP contribution < -0.4 is 0 Å². The normalized spacial score (nSPS) is 9.50. The maximum atomic E-state index is 10.6. The van der Waals surface area contributed by atoms with Crippen LogP contribution in [0.15, 0.2) is 0 Å². The van der Waals surface area contributed by atoms with E-state index in [1.54, 1.807) is 7.11 Å². The van der Waals surface area contributed by atoms with Gasteiger partial charge in [0.15, 0.2) is 6.79 Å². The van der Waals surface area contributed by atoms with E-state index >= 15 is 0 Å². The lowest BCUT2D eigenvalue weighted by atomic mass is 10.5. The average molecular weight is 178 g/mol. The SMILES string of the molecule is COCCCOC(=O)OCOC. The van der Waals surface area contributed by atoms with Gasteiger partial charge in [0, 0.05) is 27.2 Å². The third-order valence-corrected chi connectivity index (χ3v) is 1.01. The summed E-state index contributed by atoms with van der Waals surface area (Å²) < 4.78 is 18.3. The van der Waals surface area contributed by atoms with Crippen LogP contribution in [-0.2, 0) is 18.9 Å². The number of methoxy groups -OCH3 is 2. The summed E-state index contributed by atoms with van der Waals surface area (Å²) in [7, 11) is 3.02. The van der Waals surface area contributed by atoms with E-state index in [9.17, 15) is 4.79 Å². The Morgan fingerprint density at radius 2 is 1.83 bits per heavy atom. The van der Waals surface area contributed by atoms with E-state index in [2.05, 4.69) is 14.2 Å². The first kappa shape index (κ1) is 11.2. The molecule has 0 saturated heterocycles. The smallest absolute Gasteiger partial charge is 0.434 e. The minimum absolute atomic E-state index is 0.0802. The molecule has 0 aromatic heterocycles. The van der Waals surface area contributed by atoms with E-state index in [0.717, 1.165) is 0 Å². The summed E-state index contributed by atoms with van der Waals surface area (Å²) in [6.07, 6.45) is -0.0496. The number of ether oxygens (including phenoxy) is 4. The van der Waals surface area contributed by atoms with Crippen molar-refractivity contribution in [3.8, 4) is 0 Å². The Hall–Kier alpha value is -0.810. The van der Waals surface area contributed by atoms with Gasteiger partial charge in [0.1, 0.15) is 0 Å². The molecule has 0 atom stereocenters. The maximum Gasteiger partial charge on any atom is 0.510 e. The highest BCUT2D eigenvalue weighted by Gasteiger charge is 2.01. The van der Waals surface area contributed by atoms with Gasteiger partial charge in [0.25, 0.3) is 0 Å². The van der Waals surface area contributed by atoms with Crippen molar-refractivity contribution >= 4 is 6.16 Å². The summed E-state index contributed by atoms with van der Waals surface area (Å²) in [5, 5.41) is 0. The Kier molecular flexibility index (Phi) is 7.73. The molecule has 0 fully saturated rings. The van der Waals surface area contributed by atoms with Gasteiger partial charge in [-0.3, -0.25) is 0 Å². The van der Waals surface area contributed by atoms with Crippen molar-refractivity contribution in [3.63, 3.8) is 0 Å². The van der Waals surface area contributed by atoms with Crippen molar-refractivity contribution < 1.29 is 23.7 Å². The van der Waals surface area contributed by atoms with Crippen LogP contribution in [-0.4, -0.2) is 40.4 Å². The fraction of sp³-hybridized carbons (Fsp3) is 0.857. The van der Waals surface area contributed by atoms with Crippen LogP contribution in [0.3, 0.4) is 0 Å². The minimum Gasteiger partial charge on any atom is -0.434 e. The van der Waals surface area contributed by atoms with Gasteiger partial charge in [0.2, 0.25) is 0 Å². The summed E-state index contributed by atoms with van der Waals surface area (Å²) >= 11 is 0. The van der Waals surface area contributed by atoms with Gasteiger partial charge in [-0.1, -0.05) is 0 Å². The summed E-state index contributed by atoms with van der Waals surface area (Å²) in [6.45, 7) is 0.789. The highest BCUT2D eigenvalue weighted by molar-refractivity contribution is 5.59. The van der Waals surface area contributed by atoms with Gasteiger partial charge >= 0.3 is 6.16 Å². The molecule has 0 heterocycles.